The van der Waals surface area contributed by atoms with Crippen LogP contribution in [0.4, 0.5) is 0 Å². The minimum atomic E-state index is -0.0838. The van der Waals surface area contributed by atoms with E-state index < -0.39 is 0 Å². The average molecular weight is 632 g/mol. The van der Waals surface area contributed by atoms with Crippen molar-refractivity contribution >= 4 is 75.3 Å². The molecule has 11 rings (SSSR count). The molecule has 0 radical (unpaired) electrons. The lowest BCUT2D eigenvalue weighted by Crippen LogP contribution is -2.14. The molecule has 3 heteroatoms. The van der Waals surface area contributed by atoms with Crippen LogP contribution < -0.4 is 0 Å². The second-order valence-electron chi connectivity index (χ2n) is 13.7. The van der Waals surface area contributed by atoms with Crippen molar-refractivity contribution in [2.24, 2.45) is 0 Å². The molecule has 0 aliphatic heterocycles. The van der Waals surface area contributed by atoms with Crippen molar-refractivity contribution in [3.63, 3.8) is 0 Å². The number of rotatable bonds is 2. The fourth-order valence-corrected chi connectivity index (χ4v) is 9.65. The van der Waals surface area contributed by atoms with E-state index >= 15 is 0 Å². The molecule has 0 bridgehead atoms. The van der Waals surface area contributed by atoms with Crippen molar-refractivity contribution in [1.82, 2.24) is 4.57 Å². The number of fused-ring (bicyclic) bond motifs is 12. The fraction of sp³-hybridized carbons (Fsp3) is 0.0667. The summed E-state index contributed by atoms with van der Waals surface area (Å²) in [5.41, 5.74) is 13.1. The first kappa shape index (κ1) is 26.4. The largest absolute Gasteiger partial charge is 0.455 e. The molecule has 7 aromatic carbocycles. The first-order chi connectivity index (χ1) is 23.6. The van der Waals surface area contributed by atoms with Gasteiger partial charge in [-0.25, -0.2) is 0 Å². The Balaban J connectivity index is 1.19. The number of nitrogens with zero attached hydrogens (tertiary/aromatic N) is 1. The highest BCUT2D eigenvalue weighted by Gasteiger charge is 2.36. The van der Waals surface area contributed by atoms with Crippen LogP contribution in [0.2, 0.25) is 0 Å². The average Bonchev–Trinajstić information content (AvgIpc) is 3.84. The van der Waals surface area contributed by atoms with Gasteiger partial charge in [0.2, 0.25) is 0 Å². The topological polar surface area (TPSA) is 18.1 Å². The summed E-state index contributed by atoms with van der Waals surface area (Å²) in [7, 11) is 0. The molecule has 0 saturated heterocycles. The molecule has 10 aromatic rings. The van der Waals surface area contributed by atoms with Gasteiger partial charge in [0, 0.05) is 47.3 Å². The lowest BCUT2D eigenvalue weighted by molar-refractivity contribution is 0.661. The number of aromatic nitrogens is 1. The Kier molecular flexibility index (Phi) is 5.09. The summed E-state index contributed by atoms with van der Waals surface area (Å²) < 4.78 is 11.9. The zero-order valence-electron chi connectivity index (χ0n) is 26.5. The lowest BCUT2D eigenvalue weighted by Gasteiger charge is -2.21. The number of para-hydroxylation sites is 2. The van der Waals surface area contributed by atoms with Crippen molar-refractivity contribution in [2.75, 3.05) is 0 Å². The molecule has 1 aliphatic carbocycles. The summed E-state index contributed by atoms with van der Waals surface area (Å²) in [5, 5.41) is 7.42. The van der Waals surface area contributed by atoms with Crippen molar-refractivity contribution in [2.45, 2.75) is 19.3 Å². The van der Waals surface area contributed by atoms with E-state index in [4.69, 9.17) is 4.42 Å². The van der Waals surface area contributed by atoms with Gasteiger partial charge in [0.25, 0.3) is 0 Å². The maximum atomic E-state index is 6.82. The van der Waals surface area contributed by atoms with Crippen LogP contribution in [0.25, 0.3) is 91.9 Å². The van der Waals surface area contributed by atoms with Crippen molar-refractivity contribution in [3.8, 4) is 27.9 Å². The van der Waals surface area contributed by atoms with Gasteiger partial charge in [0.15, 0.2) is 0 Å². The van der Waals surface area contributed by atoms with E-state index in [1.54, 1.807) is 0 Å². The first-order valence-electron chi connectivity index (χ1n) is 16.6. The highest BCUT2D eigenvalue weighted by molar-refractivity contribution is 7.25. The number of furan rings is 1. The van der Waals surface area contributed by atoms with Gasteiger partial charge >= 0.3 is 0 Å². The summed E-state index contributed by atoms with van der Waals surface area (Å²) >= 11 is 1.85. The SMILES string of the molecule is CC1(C)c2ccccc2-c2cc3c4ccccc4n(-c4cccc5oc6c(-c7ccc8sc9ccccc9c8c7)cccc6c45)c3cc21. The normalized spacial score (nSPS) is 13.8. The molecule has 2 nitrogen and oxygen atoms in total. The van der Waals surface area contributed by atoms with Crippen LogP contribution >= 0.6 is 11.3 Å². The lowest BCUT2D eigenvalue weighted by atomic mass is 9.82. The van der Waals surface area contributed by atoms with E-state index in [1.807, 2.05) is 11.3 Å². The minimum Gasteiger partial charge on any atom is -0.455 e. The van der Waals surface area contributed by atoms with Gasteiger partial charge in [-0.1, -0.05) is 105 Å². The third-order valence-corrected chi connectivity index (χ3v) is 12.0. The zero-order valence-corrected chi connectivity index (χ0v) is 27.4. The third kappa shape index (κ3) is 3.36. The van der Waals surface area contributed by atoms with Crippen LogP contribution in [0.1, 0.15) is 25.0 Å². The van der Waals surface area contributed by atoms with Crippen molar-refractivity contribution in [3.05, 3.63) is 151 Å². The Labute approximate surface area is 281 Å². The summed E-state index contributed by atoms with van der Waals surface area (Å²) in [6, 6.07) is 51.3. The Morgan fingerprint density at radius 2 is 1.27 bits per heavy atom. The number of hydrogen-bond donors (Lipinski definition) is 0. The van der Waals surface area contributed by atoms with Gasteiger partial charge in [0.1, 0.15) is 11.2 Å². The standard InChI is InChI=1S/C45H29NOS/c1-45(2)35-16-6-3-11-28(35)32-24-33-29-12-4-7-17-37(29)46(39(33)25-36(32)45)38-18-10-19-40-43(38)31-15-9-14-27(44(31)47-40)26-21-22-42-34(23-26)30-13-5-8-20-41(30)48-42/h3-25H,1-2H3. The molecule has 3 heterocycles. The fourth-order valence-electron chi connectivity index (χ4n) is 8.56. The predicted octanol–water partition coefficient (Wildman–Crippen LogP) is 13.0. The summed E-state index contributed by atoms with van der Waals surface area (Å²) in [4.78, 5) is 0. The Morgan fingerprint density at radius 3 is 2.21 bits per heavy atom. The summed E-state index contributed by atoms with van der Waals surface area (Å²) in [6.45, 7) is 4.72. The van der Waals surface area contributed by atoms with Crippen molar-refractivity contribution in [1.29, 1.82) is 0 Å². The number of hydrogen-bond acceptors (Lipinski definition) is 2. The van der Waals surface area contributed by atoms with E-state index in [0.717, 1.165) is 33.2 Å². The highest BCUT2D eigenvalue weighted by Crippen LogP contribution is 2.51. The monoisotopic (exact) mass is 631 g/mol. The van der Waals surface area contributed by atoms with Crippen LogP contribution in [-0.4, -0.2) is 4.57 Å². The maximum absolute atomic E-state index is 6.82. The molecule has 0 amide bonds. The Morgan fingerprint density at radius 1 is 0.521 bits per heavy atom. The minimum absolute atomic E-state index is 0.0838. The van der Waals surface area contributed by atoms with Crippen LogP contribution in [0.3, 0.4) is 0 Å². The smallest absolute Gasteiger partial charge is 0.143 e. The number of thiophene rings is 1. The molecule has 226 valence electrons. The van der Waals surface area contributed by atoms with Gasteiger partial charge in [-0.05, 0) is 76.3 Å². The van der Waals surface area contributed by atoms with Crippen LogP contribution in [0, 0.1) is 0 Å². The summed E-state index contributed by atoms with van der Waals surface area (Å²) in [6.07, 6.45) is 0. The molecule has 0 unspecified atom stereocenters. The molecular weight excluding hydrogens is 603 g/mol. The van der Waals surface area contributed by atoms with Crippen LogP contribution in [-0.2, 0) is 5.41 Å². The Bertz CT molecular complexity index is 2990. The van der Waals surface area contributed by atoms with Gasteiger partial charge in [-0.3, -0.25) is 0 Å². The van der Waals surface area contributed by atoms with E-state index in [-0.39, 0.29) is 5.41 Å². The molecule has 0 spiro atoms. The molecule has 1 aliphatic rings. The predicted molar refractivity (Wildman–Crippen MR) is 204 cm³/mol. The van der Waals surface area contributed by atoms with Crippen LogP contribution in [0.5, 0.6) is 0 Å². The van der Waals surface area contributed by atoms with E-state index in [0.29, 0.717) is 0 Å². The molecular formula is C45H29NOS. The van der Waals surface area contributed by atoms with E-state index in [1.165, 1.54) is 69.8 Å². The van der Waals surface area contributed by atoms with Crippen LogP contribution in [0.15, 0.2) is 144 Å². The van der Waals surface area contributed by atoms with E-state index in [2.05, 4.69) is 158 Å². The van der Waals surface area contributed by atoms with Gasteiger partial charge < -0.3 is 8.98 Å². The quantitative estimate of drug-likeness (QED) is 0.186. The molecule has 0 fully saturated rings. The summed E-state index contributed by atoms with van der Waals surface area (Å²) in [5.74, 6) is 0. The molecule has 0 atom stereocenters. The van der Waals surface area contributed by atoms with Gasteiger partial charge in [-0.2, -0.15) is 0 Å². The second kappa shape index (κ2) is 9.25. The molecule has 0 N–H and O–H groups in total. The number of benzene rings is 7. The highest BCUT2D eigenvalue weighted by atomic mass is 32.1. The van der Waals surface area contributed by atoms with Gasteiger partial charge in [0.05, 0.1) is 22.1 Å². The molecule has 0 saturated carbocycles. The first-order valence-corrected chi connectivity index (χ1v) is 17.4. The molecule has 48 heavy (non-hydrogen) atoms. The molecule has 3 aromatic heterocycles. The van der Waals surface area contributed by atoms with Crippen molar-refractivity contribution < 1.29 is 4.42 Å². The second-order valence-corrected chi connectivity index (χ2v) is 14.8. The Hall–Kier alpha value is -5.64. The van der Waals surface area contributed by atoms with E-state index in [9.17, 15) is 0 Å². The third-order valence-electron chi connectivity index (χ3n) is 10.8. The zero-order chi connectivity index (χ0) is 31.7. The van der Waals surface area contributed by atoms with Gasteiger partial charge in [-0.15, -0.1) is 11.3 Å². The maximum Gasteiger partial charge on any atom is 0.143 e.